The molecule has 3 rings (SSSR count). The predicted molar refractivity (Wildman–Crippen MR) is 92.4 cm³/mol. The van der Waals surface area contributed by atoms with Crippen LogP contribution in [0.3, 0.4) is 0 Å². The molecule has 23 heavy (non-hydrogen) atoms. The van der Waals surface area contributed by atoms with Gasteiger partial charge in [-0.15, -0.1) is 11.3 Å². The van der Waals surface area contributed by atoms with Crippen LogP contribution in [0.5, 0.6) is 0 Å². The zero-order chi connectivity index (χ0) is 16.2. The van der Waals surface area contributed by atoms with Gasteiger partial charge in [-0.25, -0.2) is 4.39 Å². The molecular formula is C17H20ClFN2OS. The van der Waals surface area contributed by atoms with Crippen LogP contribution in [0.25, 0.3) is 0 Å². The Balaban J connectivity index is 1.46. The minimum absolute atomic E-state index is 0.275. The Morgan fingerprint density at radius 1 is 1.04 bits per heavy atom. The zero-order valence-electron chi connectivity index (χ0n) is 12.8. The minimum atomic E-state index is -0.571. The summed E-state index contributed by atoms with van der Waals surface area (Å²) in [5.41, 5.74) is 0.766. The SMILES string of the molecule is OC(CN1CCN(Cc2ccc(Cl)s2)CC1)c1ccc(F)cc1. The Kier molecular flexibility index (Phi) is 5.67. The van der Waals surface area contributed by atoms with Crippen LogP contribution in [-0.2, 0) is 6.54 Å². The van der Waals surface area contributed by atoms with E-state index in [0.717, 1.165) is 42.6 Å². The quantitative estimate of drug-likeness (QED) is 0.891. The minimum Gasteiger partial charge on any atom is -0.387 e. The van der Waals surface area contributed by atoms with Gasteiger partial charge in [-0.3, -0.25) is 9.80 Å². The van der Waals surface area contributed by atoms with Gasteiger partial charge in [0, 0.05) is 44.1 Å². The van der Waals surface area contributed by atoms with Crippen molar-refractivity contribution in [3.8, 4) is 0 Å². The second-order valence-electron chi connectivity index (χ2n) is 5.85. The standard InChI is InChI=1S/C17H20ClFN2OS/c18-17-6-5-15(23-17)11-20-7-9-21(10-8-20)12-16(22)13-1-3-14(19)4-2-13/h1-6,16,22H,7-12H2. The van der Waals surface area contributed by atoms with Crippen LogP contribution in [-0.4, -0.2) is 47.6 Å². The molecule has 0 spiro atoms. The molecule has 6 heteroatoms. The Morgan fingerprint density at radius 3 is 2.30 bits per heavy atom. The van der Waals surface area contributed by atoms with Crippen LogP contribution in [0.1, 0.15) is 16.5 Å². The van der Waals surface area contributed by atoms with E-state index in [9.17, 15) is 9.50 Å². The molecule has 1 aliphatic rings. The average Bonchev–Trinajstić information content (AvgIpc) is 2.95. The van der Waals surface area contributed by atoms with Gasteiger partial charge in [0.1, 0.15) is 5.82 Å². The fourth-order valence-electron chi connectivity index (χ4n) is 2.82. The maximum atomic E-state index is 12.9. The molecule has 1 fully saturated rings. The second kappa shape index (κ2) is 7.73. The van der Waals surface area contributed by atoms with Crippen molar-refractivity contribution >= 4 is 22.9 Å². The summed E-state index contributed by atoms with van der Waals surface area (Å²) in [6.45, 7) is 5.34. The summed E-state index contributed by atoms with van der Waals surface area (Å²) < 4.78 is 13.8. The maximum absolute atomic E-state index is 12.9. The van der Waals surface area contributed by atoms with E-state index in [1.165, 1.54) is 17.0 Å². The molecule has 124 valence electrons. The number of aliphatic hydroxyl groups is 1. The highest BCUT2D eigenvalue weighted by Gasteiger charge is 2.20. The number of hydrogen-bond acceptors (Lipinski definition) is 4. The summed E-state index contributed by atoms with van der Waals surface area (Å²) in [7, 11) is 0. The fraction of sp³-hybridized carbons (Fsp3) is 0.412. The highest BCUT2D eigenvalue weighted by atomic mass is 35.5. The van der Waals surface area contributed by atoms with E-state index in [4.69, 9.17) is 11.6 Å². The molecule has 2 heterocycles. The lowest BCUT2D eigenvalue weighted by Crippen LogP contribution is -2.46. The molecule has 3 nitrogen and oxygen atoms in total. The Labute approximate surface area is 144 Å². The lowest BCUT2D eigenvalue weighted by molar-refractivity contribution is 0.0704. The summed E-state index contributed by atoms with van der Waals surface area (Å²) in [5.74, 6) is -0.275. The molecule has 1 N–H and O–H groups in total. The van der Waals surface area contributed by atoms with Gasteiger partial charge in [0.05, 0.1) is 10.4 Å². The topological polar surface area (TPSA) is 26.7 Å². The molecule has 1 aliphatic heterocycles. The van der Waals surface area contributed by atoms with Crippen molar-refractivity contribution < 1.29 is 9.50 Å². The Morgan fingerprint density at radius 2 is 1.70 bits per heavy atom. The third-order valence-electron chi connectivity index (χ3n) is 4.16. The fourth-order valence-corrected chi connectivity index (χ4v) is 3.95. The van der Waals surface area contributed by atoms with Crippen molar-refractivity contribution in [3.63, 3.8) is 0 Å². The zero-order valence-corrected chi connectivity index (χ0v) is 14.4. The first kappa shape index (κ1) is 16.9. The second-order valence-corrected chi connectivity index (χ2v) is 7.65. The van der Waals surface area contributed by atoms with Gasteiger partial charge in [-0.1, -0.05) is 23.7 Å². The van der Waals surface area contributed by atoms with E-state index in [2.05, 4.69) is 15.9 Å². The number of piperazine rings is 1. The molecule has 1 saturated heterocycles. The monoisotopic (exact) mass is 354 g/mol. The van der Waals surface area contributed by atoms with E-state index >= 15 is 0 Å². The molecule has 0 saturated carbocycles. The van der Waals surface area contributed by atoms with Crippen molar-refractivity contribution in [3.05, 3.63) is 57.0 Å². The van der Waals surface area contributed by atoms with E-state index in [1.54, 1.807) is 23.5 Å². The molecular weight excluding hydrogens is 335 g/mol. The van der Waals surface area contributed by atoms with Gasteiger partial charge in [-0.2, -0.15) is 0 Å². The van der Waals surface area contributed by atoms with Crippen LogP contribution >= 0.6 is 22.9 Å². The van der Waals surface area contributed by atoms with Crippen molar-refractivity contribution in [1.82, 2.24) is 9.80 Å². The number of β-amino-alcohol motifs (C(OH)–C–C–N with tert-alkyl or cyclic N) is 1. The summed E-state index contributed by atoms with van der Waals surface area (Å²) in [6.07, 6.45) is -0.571. The van der Waals surface area contributed by atoms with E-state index in [1.807, 2.05) is 6.07 Å². The van der Waals surface area contributed by atoms with Crippen LogP contribution in [0, 0.1) is 5.82 Å². The Hall–Kier alpha value is -0.980. The molecule has 0 amide bonds. The lowest BCUT2D eigenvalue weighted by atomic mass is 10.1. The van der Waals surface area contributed by atoms with Crippen LogP contribution in [0.15, 0.2) is 36.4 Å². The van der Waals surface area contributed by atoms with Gasteiger partial charge < -0.3 is 5.11 Å². The Bertz CT molecular complexity index is 626. The highest BCUT2D eigenvalue weighted by Crippen LogP contribution is 2.23. The van der Waals surface area contributed by atoms with Crippen LogP contribution in [0.4, 0.5) is 4.39 Å². The number of benzene rings is 1. The van der Waals surface area contributed by atoms with Crippen molar-refractivity contribution in [1.29, 1.82) is 0 Å². The van der Waals surface area contributed by atoms with Gasteiger partial charge in [-0.05, 0) is 29.8 Å². The highest BCUT2D eigenvalue weighted by molar-refractivity contribution is 7.16. The summed E-state index contributed by atoms with van der Waals surface area (Å²) >= 11 is 7.60. The number of aliphatic hydroxyl groups excluding tert-OH is 1. The van der Waals surface area contributed by atoms with E-state index < -0.39 is 6.10 Å². The van der Waals surface area contributed by atoms with Gasteiger partial charge in [0.2, 0.25) is 0 Å². The van der Waals surface area contributed by atoms with Crippen molar-refractivity contribution in [2.75, 3.05) is 32.7 Å². The summed E-state index contributed by atoms with van der Waals surface area (Å²) in [5, 5.41) is 10.3. The molecule has 0 bridgehead atoms. The lowest BCUT2D eigenvalue weighted by Gasteiger charge is -2.35. The van der Waals surface area contributed by atoms with Crippen molar-refractivity contribution in [2.24, 2.45) is 0 Å². The molecule has 2 aromatic rings. The van der Waals surface area contributed by atoms with Gasteiger partial charge in [0.15, 0.2) is 0 Å². The van der Waals surface area contributed by atoms with Crippen molar-refractivity contribution in [2.45, 2.75) is 12.6 Å². The summed E-state index contributed by atoms with van der Waals surface area (Å²) in [4.78, 5) is 5.95. The van der Waals surface area contributed by atoms with E-state index in [0.29, 0.717) is 6.54 Å². The van der Waals surface area contributed by atoms with Gasteiger partial charge >= 0.3 is 0 Å². The van der Waals surface area contributed by atoms with Gasteiger partial charge in [0.25, 0.3) is 0 Å². The van der Waals surface area contributed by atoms with Crippen LogP contribution < -0.4 is 0 Å². The largest absolute Gasteiger partial charge is 0.387 e. The first-order valence-electron chi connectivity index (χ1n) is 7.72. The molecule has 0 aliphatic carbocycles. The number of halogens is 2. The first-order chi connectivity index (χ1) is 11.1. The third-order valence-corrected chi connectivity index (χ3v) is 5.38. The normalized spacial score (nSPS) is 18.2. The predicted octanol–water partition coefficient (Wildman–Crippen LogP) is 3.39. The molecule has 0 radical (unpaired) electrons. The molecule has 1 aromatic heterocycles. The maximum Gasteiger partial charge on any atom is 0.123 e. The number of rotatable bonds is 5. The van der Waals surface area contributed by atoms with Crippen LogP contribution in [0.2, 0.25) is 4.34 Å². The average molecular weight is 355 g/mol. The summed E-state index contributed by atoms with van der Waals surface area (Å²) in [6, 6.07) is 10.1. The number of nitrogens with zero attached hydrogens (tertiary/aromatic N) is 2. The number of thiophene rings is 1. The first-order valence-corrected chi connectivity index (χ1v) is 8.92. The molecule has 1 unspecified atom stereocenters. The molecule has 1 atom stereocenters. The third kappa shape index (κ3) is 4.75. The molecule has 1 aromatic carbocycles. The number of hydrogen-bond donors (Lipinski definition) is 1. The smallest absolute Gasteiger partial charge is 0.123 e. The van der Waals surface area contributed by atoms with E-state index in [-0.39, 0.29) is 5.82 Å².